The van der Waals surface area contributed by atoms with Gasteiger partial charge in [-0.25, -0.2) is 4.98 Å². The number of imidazole rings is 1. The summed E-state index contributed by atoms with van der Waals surface area (Å²) in [4.78, 5) is 4.27. The van der Waals surface area contributed by atoms with Crippen molar-refractivity contribution in [3.8, 4) is 0 Å². The van der Waals surface area contributed by atoms with Crippen LogP contribution in [0.2, 0.25) is 0 Å². The molecule has 0 radical (unpaired) electrons. The number of rotatable bonds is 7. The summed E-state index contributed by atoms with van der Waals surface area (Å²) in [6, 6.07) is 5.09. The summed E-state index contributed by atoms with van der Waals surface area (Å²) in [5.74, 6) is 0. The van der Waals surface area contributed by atoms with Crippen molar-refractivity contribution in [3.63, 3.8) is 0 Å². The Morgan fingerprint density at radius 2 is 2.21 bits per heavy atom. The molecule has 1 aliphatic carbocycles. The van der Waals surface area contributed by atoms with Crippen LogP contribution in [0.1, 0.15) is 37.6 Å². The number of aryl methyl sites for hydroxylation is 1. The van der Waals surface area contributed by atoms with Crippen LogP contribution in [0.3, 0.4) is 0 Å². The van der Waals surface area contributed by atoms with E-state index >= 15 is 0 Å². The van der Waals surface area contributed by atoms with Gasteiger partial charge in [-0.05, 0) is 31.4 Å². The third kappa shape index (κ3) is 3.07. The molecule has 2 aromatic heterocycles. The van der Waals surface area contributed by atoms with Crippen LogP contribution >= 0.6 is 0 Å². The second-order valence-corrected chi connectivity index (χ2v) is 5.36. The van der Waals surface area contributed by atoms with Gasteiger partial charge in [-0.2, -0.15) is 0 Å². The first-order valence-corrected chi connectivity index (χ1v) is 7.23. The highest BCUT2D eigenvalue weighted by molar-refractivity contribution is 5.11. The van der Waals surface area contributed by atoms with Gasteiger partial charge in [0.05, 0.1) is 18.6 Å². The van der Waals surface area contributed by atoms with Crippen molar-refractivity contribution in [2.75, 3.05) is 0 Å². The van der Waals surface area contributed by atoms with Crippen LogP contribution in [0, 0.1) is 0 Å². The first-order chi connectivity index (χ1) is 9.36. The monoisotopic (exact) mass is 258 g/mol. The number of aromatic nitrogens is 3. The van der Waals surface area contributed by atoms with Crippen molar-refractivity contribution in [1.82, 2.24) is 19.4 Å². The number of hydrogen-bond acceptors (Lipinski definition) is 2. The normalized spacial score (nSPS) is 15.0. The summed E-state index contributed by atoms with van der Waals surface area (Å²) in [6.45, 7) is 5.13. The average molecular weight is 258 g/mol. The maximum atomic E-state index is 4.27. The summed E-state index contributed by atoms with van der Waals surface area (Å²) in [5.41, 5.74) is 2.64. The van der Waals surface area contributed by atoms with Crippen LogP contribution < -0.4 is 5.32 Å². The highest BCUT2D eigenvalue weighted by Gasteiger charge is 2.20. The molecular formula is C15H22N4. The smallest absolute Gasteiger partial charge is 0.0948 e. The Bertz CT molecular complexity index is 522. The van der Waals surface area contributed by atoms with E-state index in [0.29, 0.717) is 0 Å². The molecule has 1 fully saturated rings. The van der Waals surface area contributed by atoms with Crippen molar-refractivity contribution < 1.29 is 0 Å². The van der Waals surface area contributed by atoms with Crippen LogP contribution in [-0.4, -0.2) is 20.2 Å². The lowest BCUT2D eigenvalue weighted by atomic mass is 10.3. The van der Waals surface area contributed by atoms with Gasteiger partial charge in [0, 0.05) is 37.2 Å². The first-order valence-electron chi connectivity index (χ1n) is 7.23. The molecule has 4 nitrogen and oxygen atoms in total. The van der Waals surface area contributed by atoms with E-state index in [1.54, 1.807) is 0 Å². The van der Waals surface area contributed by atoms with Crippen molar-refractivity contribution in [3.05, 3.63) is 42.2 Å². The van der Waals surface area contributed by atoms with E-state index < -0.39 is 0 Å². The Morgan fingerprint density at radius 3 is 3.00 bits per heavy atom. The van der Waals surface area contributed by atoms with Gasteiger partial charge >= 0.3 is 0 Å². The minimum absolute atomic E-state index is 0.758. The van der Waals surface area contributed by atoms with Gasteiger partial charge in [0.2, 0.25) is 0 Å². The molecule has 0 amide bonds. The van der Waals surface area contributed by atoms with E-state index in [1.807, 2.05) is 12.5 Å². The third-order valence-electron chi connectivity index (χ3n) is 3.67. The number of hydrogen-bond donors (Lipinski definition) is 1. The third-order valence-corrected chi connectivity index (χ3v) is 3.67. The maximum Gasteiger partial charge on any atom is 0.0948 e. The van der Waals surface area contributed by atoms with Crippen LogP contribution in [0.25, 0.3) is 0 Å². The Hall–Kier alpha value is -1.55. The molecule has 102 valence electrons. The SMILES string of the molecule is CCCn1cncc1Cn1cccc1CNC1CC1. The van der Waals surface area contributed by atoms with Crippen molar-refractivity contribution in [2.24, 2.45) is 0 Å². The Balaban J connectivity index is 1.67. The molecule has 0 bridgehead atoms. The summed E-state index contributed by atoms with van der Waals surface area (Å²) < 4.78 is 4.57. The minimum atomic E-state index is 0.758. The Labute approximate surface area is 114 Å². The molecule has 0 saturated heterocycles. The fraction of sp³-hybridized carbons (Fsp3) is 0.533. The zero-order chi connectivity index (χ0) is 13.1. The van der Waals surface area contributed by atoms with Gasteiger partial charge in [0.25, 0.3) is 0 Å². The summed E-state index contributed by atoms with van der Waals surface area (Å²) >= 11 is 0. The molecule has 0 aliphatic heterocycles. The first kappa shape index (κ1) is 12.5. The van der Waals surface area contributed by atoms with E-state index in [-0.39, 0.29) is 0 Å². The predicted molar refractivity (Wildman–Crippen MR) is 75.9 cm³/mol. The van der Waals surface area contributed by atoms with Gasteiger partial charge in [0.1, 0.15) is 0 Å². The van der Waals surface area contributed by atoms with Gasteiger partial charge in [-0.1, -0.05) is 6.92 Å². The van der Waals surface area contributed by atoms with Gasteiger partial charge in [-0.15, -0.1) is 0 Å². The summed E-state index contributed by atoms with van der Waals surface area (Å²) in [6.07, 6.45) is 9.89. The Morgan fingerprint density at radius 1 is 1.32 bits per heavy atom. The van der Waals surface area contributed by atoms with E-state index in [1.165, 1.54) is 24.2 Å². The van der Waals surface area contributed by atoms with E-state index in [2.05, 4.69) is 44.7 Å². The molecule has 1 saturated carbocycles. The second-order valence-electron chi connectivity index (χ2n) is 5.36. The molecule has 1 aliphatic rings. The van der Waals surface area contributed by atoms with Crippen LogP contribution in [-0.2, 0) is 19.6 Å². The lowest BCUT2D eigenvalue weighted by Crippen LogP contribution is -2.18. The lowest BCUT2D eigenvalue weighted by molar-refractivity contribution is 0.597. The summed E-state index contributed by atoms with van der Waals surface area (Å²) in [7, 11) is 0. The molecule has 0 atom stereocenters. The lowest BCUT2D eigenvalue weighted by Gasteiger charge is -2.12. The molecule has 0 aromatic carbocycles. The minimum Gasteiger partial charge on any atom is -0.344 e. The fourth-order valence-corrected chi connectivity index (χ4v) is 2.40. The van der Waals surface area contributed by atoms with Crippen LogP contribution in [0.5, 0.6) is 0 Å². The highest BCUT2D eigenvalue weighted by Crippen LogP contribution is 2.19. The zero-order valence-electron chi connectivity index (χ0n) is 11.5. The van der Waals surface area contributed by atoms with Gasteiger partial charge in [-0.3, -0.25) is 0 Å². The van der Waals surface area contributed by atoms with Crippen LogP contribution in [0.4, 0.5) is 0 Å². The second kappa shape index (κ2) is 5.61. The molecule has 4 heteroatoms. The molecule has 2 heterocycles. The number of nitrogens with one attached hydrogen (secondary N) is 1. The van der Waals surface area contributed by atoms with E-state index in [9.17, 15) is 0 Å². The molecular weight excluding hydrogens is 236 g/mol. The van der Waals surface area contributed by atoms with Gasteiger partial charge in [0.15, 0.2) is 0 Å². The van der Waals surface area contributed by atoms with Crippen LogP contribution in [0.15, 0.2) is 30.9 Å². The molecule has 2 aromatic rings. The van der Waals surface area contributed by atoms with E-state index in [4.69, 9.17) is 0 Å². The zero-order valence-corrected chi connectivity index (χ0v) is 11.5. The summed E-state index contributed by atoms with van der Waals surface area (Å²) in [5, 5.41) is 3.58. The van der Waals surface area contributed by atoms with Crippen molar-refractivity contribution in [2.45, 2.75) is 51.9 Å². The van der Waals surface area contributed by atoms with E-state index in [0.717, 1.165) is 32.1 Å². The number of nitrogens with zero attached hydrogens (tertiary/aromatic N) is 3. The van der Waals surface area contributed by atoms with Crippen molar-refractivity contribution in [1.29, 1.82) is 0 Å². The fourth-order valence-electron chi connectivity index (χ4n) is 2.40. The molecule has 19 heavy (non-hydrogen) atoms. The molecule has 0 unspecified atom stereocenters. The topological polar surface area (TPSA) is 34.8 Å². The average Bonchev–Trinajstić information content (AvgIpc) is 2.98. The Kier molecular flexibility index (Phi) is 3.69. The molecule has 0 spiro atoms. The predicted octanol–water partition coefficient (Wildman–Crippen LogP) is 2.39. The maximum absolute atomic E-state index is 4.27. The molecule has 1 N–H and O–H groups in total. The molecule has 3 rings (SSSR count). The highest BCUT2D eigenvalue weighted by atomic mass is 15.1. The standard InChI is InChI=1S/C15H22N4/c1-2-7-19-12-16-9-15(19)11-18-8-3-4-14(18)10-17-13-5-6-13/h3-4,8-9,12-13,17H,2,5-7,10-11H2,1H3. The quantitative estimate of drug-likeness (QED) is 0.827. The van der Waals surface area contributed by atoms with Gasteiger partial charge < -0.3 is 14.5 Å². The van der Waals surface area contributed by atoms with Crippen molar-refractivity contribution >= 4 is 0 Å². The largest absolute Gasteiger partial charge is 0.344 e.